The highest BCUT2D eigenvalue weighted by Gasteiger charge is 2.23. The maximum absolute atomic E-state index is 6.04. The van der Waals surface area contributed by atoms with Gasteiger partial charge in [-0.05, 0) is 38.6 Å². The first-order valence-electron chi connectivity index (χ1n) is 6.37. The molecule has 1 aliphatic carbocycles. The minimum atomic E-state index is 0.690. The Balaban J connectivity index is 1.85. The van der Waals surface area contributed by atoms with Gasteiger partial charge in [0.1, 0.15) is 10.0 Å². The van der Waals surface area contributed by atoms with E-state index in [1.165, 1.54) is 43.6 Å². The Bertz CT molecular complexity index is 347. The molecule has 0 amide bonds. The molecular formula is C12H20ClN3S. The van der Waals surface area contributed by atoms with Crippen molar-refractivity contribution in [2.24, 2.45) is 5.92 Å². The lowest BCUT2D eigenvalue weighted by atomic mass is 9.84. The van der Waals surface area contributed by atoms with Crippen molar-refractivity contribution >= 4 is 23.1 Å². The molecule has 0 spiro atoms. The highest BCUT2D eigenvalue weighted by molar-refractivity contribution is 7.10. The SMILES string of the molecule is CCC1CCC(N(C)Cc2nnsc2Cl)CC1. The van der Waals surface area contributed by atoms with Crippen LogP contribution in [-0.2, 0) is 6.54 Å². The van der Waals surface area contributed by atoms with Gasteiger partial charge in [-0.1, -0.05) is 29.4 Å². The van der Waals surface area contributed by atoms with E-state index < -0.39 is 0 Å². The Morgan fingerprint density at radius 2 is 2.06 bits per heavy atom. The highest BCUT2D eigenvalue weighted by atomic mass is 35.5. The molecule has 0 unspecified atom stereocenters. The maximum Gasteiger partial charge on any atom is 0.138 e. The third-order valence-corrected chi connectivity index (χ3v) is 4.91. The van der Waals surface area contributed by atoms with E-state index in [0.29, 0.717) is 6.04 Å². The zero-order chi connectivity index (χ0) is 12.3. The molecule has 5 heteroatoms. The standard InChI is InChI=1S/C12H20ClN3S/c1-3-9-4-6-10(7-5-9)16(2)8-11-12(13)17-15-14-11/h9-10H,3-8H2,1-2H3. The Labute approximate surface area is 112 Å². The van der Waals surface area contributed by atoms with Crippen LogP contribution >= 0.6 is 23.1 Å². The molecule has 1 aromatic rings. The van der Waals surface area contributed by atoms with Crippen LogP contribution in [0.15, 0.2) is 0 Å². The summed E-state index contributed by atoms with van der Waals surface area (Å²) in [4.78, 5) is 2.38. The first kappa shape index (κ1) is 13.2. The number of nitrogens with zero attached hydrogens (tertiary/aromatic N) is 3. The molecule has 1 saturated carbocycles. The molecule has 96 valence electrons. The largest absolute Gasteiger partial charge is 0.297 e. The Morgan fingerprint density at radius 1 is 1.35 bits per heavy atom. The zero-order valence-electron chi connectivity index (χ0n) is 10.5. The lowest BCUT2D eigenvalue weighted by Crippen LogP contribution is -2.34. The summed E-state index contributed by atoms with van der Waals surface area (Å²) >= 11 is 7.31. The van der Waals surface area contributed by atoms with E-state index in [1.807, 2.05) is 0 Å². The molecule has 0 aliphatic heterocycles. The molecule has 0 bridgehead atoms. The predicted octanol–water partition coefficient (Wildman–Crippen LogP) is 3.59. The van der Waals surface area contributed by atoms with E-state index in [0.717, 1.165) is 22.5 Å². The summed E-state index contributed by atoms with van der Waals surface area (Å²) in [6.45, 7) is 3.13. The topological polar surface area (TPSA) is 29.0 Å². The van der Waals surface area contributed by atoms with Gasteiger partial charge < -0.3 is 0 Å². The second-order valence-electron chi connectivity index (χ2n) is 4.99. The van der Waals surface area contributed by atoms with Gasteiger partial charge >= 0.3 is 0 Å². The Hall–Kier alpha value is -0.190. The van der Waals surface area contributed by atoms with Gasteiger partial charge in [0.15, 0.2) is 0 Å². The zero-order valence-corrected chi connectivity index (χ0v) is 12.1. The smallest absolute Gasteiger partial charge is 0.138 e. The quantitative estimate of drug-likeness (QED) is 0.839. The summed E-state index contributed by atoms with van der Waals surface area (Å²) < 4.78 is 4.61. The summed E-state index contributed by atoms with van der Waals surface area (Å²) in [5.41, 5.74) is 0.928. The van der Waals surface area contributed by atoms with Crippen molar-refractivity contribution in [3.05, 3.63) is 10.0 Å². The maximum atomic E-state index is 6.04. The molecule has 0 aromatic carbocycles. The fourth-order valence-corrected chi connectivity index (χ4v) is 3.26. The van der Waals surface area contributed by atoms with Crippen molar-refractivity contribution in [1.82, 2.24) is 14.5 Å². The summed E-state index contributed by atoms with van der Waals surface area (Å²) in [5, 5.41) is 4.08. The molecule has 3 nitrogen and oxygen atoms in total. The normalized spacial score (nSPS) is 25.4. The van der Waals surface area contributed by atoms with Gasteiger partial charge in [-0.3, -0.25) is 4.90 Å². The summed E-state index contributed by atoms with van der Waals surface area (Å²) in [5.74, 6) is 0.948. The fraction of sp³-hybridized carbons (Fsp3) is 0.833. The van der Waals surface area contributed by atoms with Crippen LogP contribution in [0, 0.1) is 5.92 Å². The van der Waals surface area contributed by atoms with Crippen LogP contribution in [0.2, 0.25) is 4.34 Å². The minimum Gasteiger partial charge on any atom is -0.297 e. The van der Waals surface area contributed by atoms with Crippen LogP contribution in [0.25, 0.3) is 0 Å². The molecule has 2 rings (SSSR count). The number of hydrogen-bond acceptors (Lipinski definition) is 4. The van der Waals surface area contributed by atoms with Gasteiger partial charge in [-0.15, -0.1) is 5.10 Å². The monoisotopic (exact) mass is 273 g/mol. The van der Waals surface area contributed by atoms with E-state index >= 15 is 0 Å². The lowest BCUT2D eigenvalue weighted by Gasteiger charge is -2.34. The summed E-state index contributed by atoms with van der Waals surface area (Å²) in [6.07, 6.45) is 6.69. The third kappa shape index (κ3) is 3.39. The van der Waals surface area contributed by atoms with Crippen LogP contribution in [0.1, 0.15) is 44.7 Å². The Morgan fingerprint density at radius 3 is 2.59 bits per heavy atom. The second-order valence-corrected chi connectivity index (χ2v) is 6.35. The van der Waals surface area contributed by atoms with Crippen LogP contribution in [0.3, 0.4) is 0 Å². The molecule has 1 aliphatic rings. The van der Waals surface area contributed by atoms with Gasteiger partial charge in [-0.25, -0.2) is 0 Å². The number of rotatable bonds is 4. The molecule has 1 heterocycles. The molecule has 0 saturated heterocycles. The van der Waals surface area contributed by atoms with Gasteiger partial charge in [0.25, 0.3) is 0 Å². The average Bonchev–Trinajstić information content (AvgIpc) is 2.75. The molecule has 0 atom stereocenters. The summed E-state index contributed by atoms with van der Waals surface area (Å²) in [6, 6.07) is 0.690. The number of halogens is 1. The molecule has 1 aromatic heterocycles. The third-order valence-electron chi connectivity index (χ3n) is 3.93. The fourth-order valence-electron chi connectivity index (χ4n) is 2.65. The first-order valence-corrected chi connectivity index (χ1v) is 7.52. The molecule has 17 heavy (non-hydrogen) atoms. The van der Waals surface area contributed by atoms with Crippen LogP contribution in [0.4, 0.5) is 0 Å². The second kappa shape index (κ2) is 6.12. The first-order chi connectivity index (χ1) is 8.20. The van der Waals surface area contributed by atoms with Gasteiger partial charge in [0.2, 0.25) is 0 Å². The number of aromatic nitrogens is 2. The average molecular weight is 274 g/mol. The van der Waals surface area contributed by atoms with Crippen molar-refractivity contribution in [1.29, 1.82) is 0 Å². The van der Waals surface area contributed by atoms with Crippen molar-refractivity contribution in [2.45, 2.75) is 51.6 Å². The van der Waals surface area contributed by atoms with E-state index in [-0.39, 0.29) is 0 Å². The molecular weight excluding hydrogens is 254 g/mol. The molecule has 0 radical (unpaired) electrons. The number of hydrogen-bond donors (Lipinski definition) is 0. The minimum absolute atomic E-state index is 0.690. The van der Waals surface area contributed by atoms with E-state index in [9.17, 15) is 0 Å². The lowest BCUT2D eigenvalue weighted by molar-refractivity contribution is 0.156. The van der Waals surface area contributed by atoms with E-state index in [2.05, 4.69) is 28.5 Å². The van der Waals surface area contributed by atoms with Crippen LogP contribution < -0.4 is 0 Å². The van der Waals surface area contributed by atoms with Crippen LogP contribution in [0.5, 0.6) is 0 Å². The van der Waals surface area contributed by atoms with Gasteiger partial charge in [0, 0.05) is 24.1 Å². The van der Waals surface area contributed by atoms with Crippen LogP contribution in [-0.4, -0.2) is 27.6 Å². The predicted molar refractivity (Wildman–Crippen MR) is 72.4 cm³/mol. The van der Waals surface area contributed by atoms with Crippen molar-refractivity contribution in [3.8, 4) is 0 Å². The van der Waals surface area contributed by atoms with Gasteiger partial charge in [-0.2, -0.15) is 0 Å². The van der Waals surface area contributed by atoms with E-state index in [4.69, 9.17) is 11.6 Å². The van der Waals surface area contributed by atoms with Gasteiger partial charge in [0.05, 0.1) is 0 Å². The molecule has 0 N–H and O–H groups in total. The summed E-state index contributed by atoms with van der Waals surface area (Å²) in [7, 11) is 2.17. The highest BCUT2D eigenvalue weighted by Crippen LogP contribution is 2.30. The van der Waals surface area contributed by atoms with Crippen molar-refractivity contribution in [2.75, 3.05) is 7.05 Å². The molecule has 1 fully saturated rings. The van der Waals surface area contributed by atoms with E-state index in [1.54, 1.807) is 0 Å². The van der Waals surface area contributed by atoms with Crippen molar-refractivity contribution < 1.29 is 0 Å². The Kier molecular flexibility index (Phi) is 4.77. The van der Waals surface area contributed by atoms with Crippen molar-refractivity contribution in [3.63, 3.8) is 0 Å².